The Hall–Kier alpha value is -1.93. The van der Waals surface area contributed by atoms with Gasteiger partial charge in [0.25, 0.3) is 5.91 Å². The van der Waals surface area contributed by atoms with Crippen LogP contribution >= 0.6 is 11.3 Å². The molecule has 1 N–H and O–H groups in total. The lowest BCUT2D eigenvalue weighted by atomic mass is 9.93. The molecule has 6 nitrogen and oxygen atoms in total. The first kappa shape index (κ1) is 17.5. The van der Waals surface area contributed by atoms with Crippen molar-refractivity contribution in [2.24, 2.45) is 5.92 Å². The lowest BCUT2D eigenvalue weighted by molar-refractivity contribution is 0.102. The summed E-state index contributed by atoms with van der Waals surface area (Å²) in [5.41, 5.74) is 3.19. The van der Waals surface area contributed by atoms with E-state index in [0.717, 1.165) is 30.5 Å². The maximum atomic E-state index is 12.6. The summed E-state index contributed by atoms with van der Waals surface area (Å²) >= 11 is 1.56. The van der Waals surface area contributed by atoms with Crippen LogP contribution in [0, 0.1) is 5.92 Å². The number of rotatable bonds is 3. The van der Waals surface area contributed by atoms with Gasteiger partial charge >= 0.3 is 0 Å². The number of nitrogens with one attached hydrogen (secondary N) is 1. The number of hydrogen-bond donors (Lipinski definition) is 1. The third-order valence-electron chi connectivity index (χ3n) is 5.00. The third-order valence-corrected chi connectivity index (χ3v) is 7.22. The van der Waals surface area contributed by atoms with E-state index in [9.17, 15) is 13.2 Å². The van der Waals surface area contributed by atoms with Gasteiger partial charge in [0.2, 0.25) is 10.0 Å². The molecule has 0 radical (unpaired) electrons. The summed E-state index contributed by atoms with van der Waals surface area (Å²) in [5.74, 6) is 0.464. The summed E-state index contributed by atoms with van der Waals surface area (Å²) in [5, 5.41) is 3.55. The molecule has 26 heavy (non-hydrogen) atoms. The highest BCUT2D eigenvalue weighted by molar-refractivity contribution is 7.92. The number of nitrogens with zero attached hydrogens (tertiary/aromatic N) is 2. The van der Waals surface area contributed by atoms with Crippen molar-refractivity contribution in [3.63, 3.8) is 0 Å². The molecule has 4 rings (SSSR count). The predicted octanol–water partition coefficient (Wildman–Crippen LogP) is 2.84. The molecule has 0 saturated carbocycles. The summed E-state index contributed by atoms with van der Waals surface area (Å²) in [7, 11) is -3.28. The van der Waals surface area contributed by atoms with Gasteiger partial charge in [0.1, 0.15) is 0 Å². The van der Waals surface area contributed by atoms with Gasteiger partial charge in [0, 0.05) is 17.0 Å². The Bertz CT molecular complexity index is 982. The zero-order valence-corrected chi connectivity index (χ0v) is 16.4. The Kier molecular flexibility index (Phi) is 4.27. The summed E-state index contributed by atoms with van der Waals surface area (Å²) < 4.78 is 25.0. The van der Waals surface area contributed by atoms with Gasteiger partial charge in [0.05, 0.1) is 17.6 Å². The number of fused-ring (bicyclic) bond motifs is 2. The Morgan fingerprint density at radius 1 is 1.35 bits per heavy atom. The Morgan fingerprint density at radius 3 is 2.92 bits per heavy atom. The van der Waals surface area contributed by atoms with Crippen LogP contribution in [0.25, 0.3) is 0 Å². The molecule has 2 aromatic rings. The molecule has 1 atom stereocenters. The average molecular weight is 392 g/mol. The van der Waals surface area contributed by atoms with Gasteiger partial charge in [0.15, 0.2) is 5.13 Å². The molecule has 2 heterocycles. The maximum Gasteiger partial charge on any atom is 0.257 e. The number of amides is 1. The normalized spacial score (nSPS) is 19.2. The van der Waals surface area contributed by atoms with Crippen molar-refractivity contribution in [1.82, 2.24) is 4.98 Å². The van der Waals surface area contributed by atoms with Crippen molar-refractivity contribution in [3.8, 4) is 0 Å². The van der Waals surface area contributed by atoms with E-state index in [1.165, 1.54) is 15.4 Å². The number of aryl methyl sites for hydroxylation is 1. The van der Waals surface area contributed by atoms with Crippen LogP contribution in [0.5, 0.6) is 0 Å². The predicted molar refractivity (Wildman–Crippen MR) is 104 cm³/mol. The highest BCUT2D eigenvalue weighted by Gasteiger charge is 2.27. The van der Waals surface area contributed by atoms with Crippen molar-refractivity contribution < 1.29 is 13.2 Å². The van der Waals surface area contributed by atoms with Crippen molar-refractivity contribution in [3.05, 3.63) is 39.9 Å². The van der Waals surface area contributed by atoms with E-state index >= 15 is 0 Å². The van der Waals surface area contributed by atoms with Crippen LogP contribution in [0.15, 0.2) is 18.2 Å². The number of carbonyl (C=O) groups is 1. The number of carbonyl (C=O) groups excluding carboxylic acids is 1. The standard InChI is InChI=1S/C18H21N3O3S2/c1-11-3-5-14-16(9-11)25-18(19-14)20-17(22)13-4-6-15-12(10-13)7-8-21(15)26(2,23)24/h4,6,10-11H,3,5,7-9H2,1-2H3,(H,19,20,22). The van der Waals surface area contributed by atoms with Crippen LogP contribution in [0.2, 0.25) is 0 Å². The molecule has 138 valence electrons. The van der Waals surface area contributed by atoms with Gasteiger partial charge in [-0.3, -0.25) is 14.4 Å². The van der Waals surface area contributed by atoms with E-state index in [4.69, 9.17) is 0 Å². The summed E-state index contributed by atoms with van der Waals surface area (Å²) in [6.07, 6.45) is 4.97. The first-order valence-electron chi connectivity index (χ1n) is 8.72. The van der Waals surface area contributed by atoms with Crippen LogP contribution in [0.4, 0.5) is 10.8 Å². The number of thiazole rings is 1. The summed E-state index contributed by atoms with van der Waals surface area (Å²) in [6, 6.07) is 5.17. The van der Waals surface area contributed by atoms with Crippen molar-refractivity contribution >= 4 is 38.1 Å². The molecular weight excluding hydrogens is 370 g/mol. The number of benzene rings is 1. The van der Waals surface area contributed by atoms with Crippen molar-refractivity contribution in [2.75, 3.05) is 22.4 Å². The van der Waals surface area contributed by atoms with E-state index in [-0.39, 0.29) is 5.91 Å². The molecule has 1 amide bonds. The van der Waals surface area contributed by atoms with Crippen LogP contribution in [0.3, 0.4) is 0 Å². The maximum absolute atomic E-state index is 12.6. The quantitative estimate of drug-likeness (QED) is 0.873. The minimum absolute atomic E-state index is 0.204. The number of anilines is 2. The van der Waals surface area contributed by atoms with Crippen LogP contribution in [-0.4, -0.2) is 32.1 Å². The SMILES string of the molecule is CC1CCc2nc(NC(=O)c3ccc4c(c3)CCN4S(C)(=O)=O)sc2C1. The third kappa shape index (κ3) is 3.23. The van der Waals surface area contributed by atoms with E-state index in [1.807, 2.05) is 0 Å². The van der Waals surface area contributed by atoms with Crippen LogP contribution in [-0.2, 0) is 29.3 Å². The number of sulfonamides is 1. The van der Waals surface area contributed by atoms with Gasteiger partial charge in [-0.15, -0.1) is 11.3 Å². The largest absolute Gasteiger partial charge is 0.298 e. The number of aromatic nitrogens is 1. The van der Waals surface area contributed by atoms with Gasteiger partial charge in [-0.2, -0.15) is 0 Å². The van der Waals surface area contributed by atoms with Gasteiger partial charge in [-0.1, -0.05) is 6.92 Å². The second-order valence-electron chi connectivity index (χ2n) is 7.12. The van der Waals surface area contributed by atoms with Crippen molar-refractivity contribution in [2.45, 2.75) is 32.6 Å². The summed E-state index contributed by atoms with van der Waals surface area (Å²) in [4.78, 5) is 18.4. The molecule has 0 saturated heterocycles. The first-order valence-corrected chi connectivity index (χ1v) is 11.4. The minimum Gasteiger partial charge on any atom is -0.298 e. The molecule has 1 aromatic heterocycles. The Labute approximate surface area is 157 Å². The first-order chi connectivity index (χ1) is 12.3. The van der Waals surface area contributed by atoms with Gasteiger partial charge < -0.3 is 0 Å². The molecule has 1 unspecified atom stereocenters. The van der Waals surface area contributed by atoms with Gasteiger partial charge in [-0.25, -0.2) is 13.4 Å². The zero-order valence-electron chi connectivity index (χ0n) is 14.8. The van der Waals surface area contributed by atoms with Crippen molar-refractivity contribution in [1.29, 1.82) is 0 Å². The Balaban J connectivity index is 1.53. The smallest absolute Gasteiger partial charge is 0.257 e. The fraction of sp³-hybridized carbons (Fsp3) is 0.444. The molecule has 0 fully saturated rings. The fourth-order valence-corrected chi connectivity index (χ4v) is 5.74. The Morgan fingerprint density at radius 2 is 2.15 bits per heavy atom. The molecule has 1 aliphatic heterocycles. The topological polar surface area (TPSA) is 79.4 Å². The highest BCUT2D eigenvalue weighted by atomic mass is 32.2. The van der Waals surface area contributed by atoms with Crippen LogP contribution < -0.4 is 9.62 Å². The molecule has 0 spiro atoms. The van der Waals surface area contributed by atoms with Gasteiger partial charge in [-0.05, 0) is 55.4 Å². The molecule has 1 aliphatic carbocycles. The van der Waals surface area contributed by atoms with E-state index in [1.54, 1.807) is 29.5 Å². The molecular formula is C18H21N3O3S2. The second-order valence-corrected chi connectivity index (χ2v) is 10.1. The summed E-state index contributed by atoms with van der Waals surface area (Å²) in [6.45, 7) is 2.67. The lowest BCUT2D eigenvalue weighted by Crippen LogP contribution is -2.27. The van der Waals surface area contributed by atoms with E-state index in [0.29, 0.717) is 35.3 Å². The number of hydrogen-bond acceptors (Lipinski definition) is 5. The second kappa shape index (κ2) is 6.35. The fourth-order valence-electron chi connectivity index (χ4n) is 3.62. The van der Waals surface area contributed by atoms with E-state index in [2.05, 4.69) is 17.2 Å². The average Bonchev–Trinajstić information content (AvgIpc) is 3.16. The van der Waals surface area contributed by atoms with Crippen LogP contribution in [0.1, 0.15) is 39.8 Å². The monoisotopic (exact) mass is 391 g/mol. The lowest BCUT2D eigenvalue weighted by Gasteiger charge is -2.16. The molecule has 2 aliphatic rings. The highest BCUT2D eigenvalue weighted by Crippen LogP contribution is 2.33. The molecule has 0 bridgehead atoms. The molecule has 1 aromatic carbocycles. The molecule has 8 heteroatoms. The minimum atomic E-state index is -3.28. The zero-order chi connectivity index (χ0) is 18.5. The van der Waals surface area contributed by atoms with E-state index < -0.39 is 10.0 Å².